The van der Waals surface area contributed by atoms with Crippen LogP contribution in [0.4, 0.5) is 0 Å². The van der Waals surface area contributed by atoms with Gasteiger partial charge in [-0.2, -0.15) is 0 Å². The third-order valence-electron chi connectivity index (χ3n) is 3.96. The fourth-order valence-electron chi connectivity index (χ4n) is 2.86. The molecule has 4 heteroatoms. The van der Waals surface area contributed by atoms with E-state index in [-0.39, 0.29) is 0 Å². The molecule has 0 amide bonds. The van der Waals surface area contributed by atoms with Crippen LogP contribution in [0.2, 0.25) is 0 Å². The zero-order chi connectivity index (χ0) is 13.7. The summed E-state index contributed by atoms with van der Waals surface area (Å²) in [5, 5.41) is 5.95. The first-order valence-electron chi connectivity index (χ1n) is 7.38. The van der Waals surface area contributed by atoms with Crippen LogP contribution in [0, 0.1) is 0 Å². The van der Waals surface area contributed by atoms with Crippen LogP contribution in [0.15, 0.2) is 17.5 Å². The minimum absolute atomic E-state index is 0.463. The van der Waals surface area contributed by atoms with Gasteiger partial charge in [0, 0.05) is 17.5 Å². The number of likely N-dealkylation sites (N-methyl/N-ethyl adjacent to an activating group) is 2. The highest BCUT2D eigenvalue weighted by Gasteiger charge is 2.29. The molecule has 1 aromatic heterocycles. The first kappa shape index (κ1) is 15.0. The maximum Gasteiger partial charge on any atom is 0.0585 e. The van der Waals surface area contributed by atoms with Gasteiger partial charge in [-0.25, -0.2) is 0 Å². The van der Waals surface area contributed by atoms with E-state index in [1.54, 1.807) is 0 Å². The van der Waals surface area contributed by atoms with Gasteiger partial charge in [0.05, 0.1) is 6.04 Å². The molecule has 1 N–H and O–H groups in total. The predicted molar refractivity (Wildman–Crippen MR) is 83.9 cm³/mol. The minimum atomic E-state index is 0.463. The Bertz CT molecular complexity index is 352. The molecule has 19 heavy (non-hydrogen) atoms. The lowest BCUT2D eigenvalue weighted by Crippen LogP contribution is -2.47. The van der Waals surface area contributed by atoms with E-state index in [0.29, 0.717) is 12.1 Å². The summed E-state index contributed by atoms with van der Waals surface area (Å²) in [5.74, 6) is 0. The lowest BCUT2D eigenvalue weighted by atomic mass is 10.0. The molecule has 1 fully saturated rings. The van der Waals surface area contributed by atoms with Gasteiger partial charge in [0.25, 0.3) is 0 Å². The van der Waals surface area contributed by atoms with Crippen LogP contribution in [0.5, 0.6) is 0 Å². The molecular weight excluding hydrogens is 254 g/mol. The Balaban J connectivity index is 2.15. The van der Waals surface area contributed by atoms with Crippen LogP contribution in [-0.4, -0.2) is 56.1 Å². The van der Waals surface area contributed by atoms with Crippen molar-refractivity contribution in [1.82, 2.24) is 15.1 Å². The molecule has 0 aromatic carbocycles. The van der Waals surface area contributed by atoms with Gasteiger partial charge in [-0.05, 0) is 58.0 Å². The second-order valence-corrected chi connectivity index (χ2v) is 6.59. The van der Waals surface area contributed by atoms with E-state index in [1.807, 2.05) is 11.3 Å². The topological polar surface area (TPSA) is 18.5 Å². The van der Waals surface area contributed by atoms with E-state index < -0.39 is 0 Å². The SMILES string of the molecule is CCCNC(c1cccs1)C1CN(C)CCCN1C. The highest BCUT2D eigenvalue weighted by molar-refractivity contribution is 7.10. The van der Waals surface area contributed by atoms with Gasteiger partial charge in [-0.15, -0.1) is 11.3 Å². The average molecular weight is 281 g/mol. The summed E-state index contributed by atoms with van der Waals surface area (Å²) >= 11 is 1.88. The smallest absolute Gasteiger partial charge is 0.0585 e. The van der Waals surface area contributed by atoms with Gasteiger partial charge in [0.15, 0.2) is 0 Å². The van der Waals surface area contributed by atoms with Crippen LogP contribution in [0.1, 0.15) is 30.7 Å². The van der Waals surface area contributed by atoms with Crippen molar-refractivity contribution in [3.63, 3.8) is 0 Å². The number of hydrogen-bond acceptors (Lipinski definition) is 4. The molecule has 1 aliphatic heterocycles. The lowest BCUT2D eigenvalue weighted by molar-refractivity contribution is 0.180. The molecule has 2 rings (SSSR count). The summed E-state index contributed by atoms with van der Waals surface area (Å²) in [5.41, 5.74) is 0. The van der Waals surface area contributed by atoms with E-state index in [1.165, 1.54) is 30.8 Å². The van der Waals surface area contributed by atoms with Gasteiger partial charge in [-0.3, -0.25) is 0 Å². The normalized spacial score (nSPS) is 24.3. The van der Waals surface area contributed by atoms with Crippen molar-refractivity contribution < 1.29 is 0 Å². The minimum Gasteiger partial charge on any atom is -0.308 e. The molecule has 2 atom stereocenters. The summed E-state index contributed by atoms with van der Waals surface area (Å²) < 4.78 is 0. The Morgan fingerprint density at radius 3 is 2.95 bits per heavy atom. The van der Waals surface area contributed by atoms with E-state index in [2.05, 4.69) is 53.6 Å². The van der Waals surface area contributed by atoms with Gasteiger partial charge >= 0.3 is 0 Å². The van der Waals surface area contributed by atoms with E-state index in [0.717, 1.165) is 13.1 Å². The van der Waals surface area contributed by atoms with Crippen molar-refractivity contribution in [2.45, 2.75) is 31.8 Å². The fourth-order valence-corrected chi connectivity index (χ4v) is 3.72. The zero-order valence-corrected chi connectivity index (χ0v) is 13.2. The van der Waals surface area contributed by atoms with Gasteiger partial charge in [-0.1, -0.05) is 13.0 Å². The van der Waals surface area contributed by atoms with E-state index >= 15 is 0 Å². The molecule has 2 unspecified atom stereocenters. The van der Waals surface area contributed by atoms with E-state index in [4.69, 9.17) is 0 Å². The summed E-state index contributed by atoms with van der Waals surface area (Å²) in [6.07, 6.45) is 2.46. The highest BCUT2D eigenvalue weighted by Crippen LogP contribution is 2.26. The van der Waals surface area contributed by atoms with Crippen molar-refractivity contribution in [3.8, 4) is 0 Å². The Morgan fingerprint density at radius 2 is 2.26 bits per heavy atom. The molecule has 3 nitrogen and oxygen atoms in total. The maximum atomic E-state index is 3.76. The second-order valence-electron chi connectivity index (χ2n) is 5.61. The van der Waals surface area contributed by atoms with Crippen LogP contribution in [0.25, 0.3) is 0 Å². The van der Waals surface area contributed by atoms with Crippen molar-refractivity contribution in [2.75, 3.05) is 40.3 Å². The molecule has 2 heterocycles. The highest BCUT2D eigenvalue weighted by atomic mass is 32.1. The third kappa shape index (κ3) is 4.02. The molecule has 1 aromatic rings. The number of nitrogens with one attached hydrogen (secondary N) is 1. The molecule has 1 saturated heterocycles. The Hall–Kier alpha value is -0.420. The number of rotatable bonds is 5. The lowest BCUT2D eigenvalue weighted by Gasteiger charge is -2.34. The van der Waals surface area contributed by atoms with Crippen molar-refractivity contribution in [1.29, 1.82) is 0 Å². The number of hydrogen-bond donors (Lipinski definition) is 1. The Morgan fingerprint density at radius 1 is 1.42 bits per heavy atom. The molecule has 0 aliphatic carbocycles. The van der Waals surface area contributed by atoms with Gasteiger partial charge < -0.3 is 15.1 Å². The molecule has 0 bridgehead atoms. The van der Waals surface area contributed by atoms with Crippen LogP contribution in [0.3, 0.4) is 0 Å². The maximum absolute atomic E-state index is 3.76. The molecule has 0 saturated carbocycles. The first-order valence-corrected chi connectivity index (χ1v) is 8.26. The van der Waals surface area contributed by atoms with E-state index in [9.17, 15) is 0 Å². The molecular formula is C15H27N3S. The summed E-state index contributed by atoms with van der Waals surface area (Å²) in [6.45, 7) is 6.89. The van der Waals surface area contributed by atoms with Gasteiger partial charge in [0.1, 0.15) is 0 Å². The second kappa shape index (κ2) is 7.39. The molecule has 0 spiro atoms. The van der Waals surface area contributed by atoms with Crippen LogP contribution < -0.4 is 5.32 Å². The summed E-state index contributed by atoms with van der Waals surface area (Å²) in [4.78, 5) is 6.49. The monoisotopic (exact) mass is 281 g/mol. The standard InChI is InChI=1S/C15H27N3S/c1-4-8-16-15(14-7-5-11-19-14)13-12-17(2)9-6-10-18(13)3/h5,7,11,13,15-16H,4,6,8-10,12H2,1-3H3. The number of nitrogens with zero attached hydrogens (tertiary/aromatic N) is 2. The predicted octanol–water partition coefficient (Wildman–Crippen LogP) is 2.42. The molecule has 0 radical (unpaired) electrons. The average Bonchev–Trinajstić information content (AvgIpc) is 2.86. The number of thiophene rings is 1. The quantitative estimate of drug-likeness (QED) is 0.894. The van der Waals surface area contributed by atoms with Crippen LogP contribution >= 0.6 is 11.3 Å². The van der Waals surface area contributed by atoms with Gasteiger partial charge in [0.2, 0.25) is 0 Å². The van der Waals surface area contributed by atoms with Crippen molar-refractivity contribution in [2.24, 2.45) is 0 Å². The Labute approximate surface area is 121 Å². The van der Waals surface area contributed by atoms with Crippen molar-refractivity contribution >= 4 is 11.3 Å². The third-order valence-corrected chi connectivity index (χ3v) is 4.92. The fraction of sp³-hybridized carbons (Fsp3) is 0.733. The van der Waals surface area contributed by atoms with Crippen molar-refractivity contribution in [3.05, 3.63) is 22.4 Å². The zero-order valence-electron chi connectivity index (χ0n) is 12.4. The molecule has 108 valence electrons. The largest absolute Gasteiger partial charge is 0.308 e. The molecule has 1 aliphatic rings. The Kier molecular flexibility index (Phi) is 5.82. The summed E-state index contributed by atoms with van der Waals surface area (Å²) in [7, 11) is 4.52. The van der Waals surface area contributed by atoms with Crippen LogP contribution in [-0.2, 0) is 0 Å². The summed E-state index contributed by atoms with van der Waals surface area (Å²) in [6, 6.07) is 5.47. The first-order chi connectivity index (χ1) is 9.22.